The van der Waals surface area contributed by atoms with E-state index in [1.54, 1.807) is 16.9 Å². The molecule has 0 saturated carbocycles. The van der Waals surface area contributed by atoms with Crippen LogP contribution in [0, 0.1) is 5.82 Å². The molecule has 1 aliphatic heterocycles. The van der Waals surface area contributed by atoms with Crippen molar-refractivity contribution in [2.24, 2.45) is 0 Å². The Hall–Kier alpha value is -3.39. The molecule has 160 valence electrons. The van der Waals surface area contributed by atoms with E-state index in [1.807, 2.05) is 30.7 Å². The second-order valence-electron chi connectivity index (χ2n) is 7.70. The average Bonchev–Trinajstić information content (AvgIpc) is 3.45. The summed E-state index contributed by atoms with van der Waals surface area (Å²) < 4.78 is 22.6. The maximum atomic E-state index is 13.9. The summed E-state index contributed by atoms with van der Waals surface area (Å²) in [5.41, 5.74) is 4.40. The molecule has 0 radical (unpaired) electrons. The summed E-state index contributed by atoms with van der Waals surface area (Å²) in [4.78, 5) is 10.5. The Bertz CT molecular complexity index is 1200. The van der Waals surface area contributed by atoms with Gasteiger partial charge in [0.15, 0.2) is 11.6 Å². The molecule has 0 unspecified atom stereocenters. The Balaban J connectivity index is 1.36. The van der Waals surface area contributed by atoms with E-state index in [9.17, 15) is 4.39 Å². The largest absolute Gasteiger partial charge is 0.494 e. The van der Waals surface area contributed by atoms with Crippen LogP contribution in [0.2, 0.25) is 0 Å². The highest BCUT2D eigenvalue weighted by Crippen LogP contribution is 2.26. The van der Waals surface area contributed by atoms with E-state index in [0.717, 1.165) is 48.1 Å². The van der Waals surface area contributed by atoms with E-state index in [-0.39, 0.29) is 12.4 Å². The number of nitrogens with zero attached hydrogens (tertiary/aromatic N) is 4. The maximum absolute atomic E-state index is 13.9. The van der Waals surface area contributed by atoms with Crippen LogP contribution in [0.5, 0.6) is 5.75 Å². The third kappa shape index (κ3) is 3.98. The van der Waals surface area contributed by atoms with Crippen LogP contribution < -0.4 is 14.9 Å². The summed E-state index contributed by atoms with van der Waals surface area (Å²) in [6.45, 7) is 2.27. The van der Waals surface area contributed by atoms with Gasteiger partial charge in [-0.2, -0.15) is 9.83 Å². The fourth-order valence-electron chi connectivity index (χ4n) is 3.96. The van der Waals surface area contributed by atoms with Gasteiger partial charge in [0.05, 0.1) is 24.9 Å². The standard InChI is InChI=1S/C23H24FN5O2/c1-30-23-3-2-16(10-20(23)24)15-31-29-9-6-21-22(29)11-17(12-26-21)18-13-27-28(14-18)19-4-7-25-8-5-19/h2-3,6,9-14,19,25H,4-5,7-8,15H2,1H3. The van der Waals surface area contributed by atoms with Crippen LogP contribution in [-0.2, 0) is 6.61 Å². The molecule has 3 aromatic heterocycles. The van der Waals surface area contributed by atoms with Crippen molar-refractivity contribution >= 4 is 11.0 Å². The molecule has 31 heavy (non-hydrogen) atoms. The van der Waals surface area contributed by atoms with Crippen molar-refractivity contribution < 1.29 is 14.0 Å². The first-order valence-corrected chi connectivity index (χ1v) is 10.4. The van der Waals surface area contributed by atoms with Gasteiger partial charge in [0.25, 0.3) is 0 Å². The zero-order valence-electron chi connectivity index (χ0n) is 17.3. The predicted octanol–water partition coefficient (Wildman–Crippen LogP) is 3.60. The smallest absolute Gasteiger partial charge is 0.165 e. The van der Waals surface area contributed by atoms with Crippen molar-refractivity contribution in [2.45, 2.75) is 25.5 Å². The molecule has 0 amide bonds. The van der Waals surface area contributed by atoms with Crippen molar-refractivity contribution in [3.05, 3.63) is 66.5 Å². The van der Waals surface area contributed by atoms with Crippen LogP contribution in [-0.4, -0.2) is 39.7 Å². The van der Waals surface area contributed by atoms with Gasteiger partial charge in [0, 0.05) is 29.7 Å². The number of fused-ring (bicyclic) bond motifs is 1. The van der Waals surface area contributed by atoms with Crippen LogP contribution in [0.4, 0.5) is 4.39 Å². The number of benzene rings is 1. The van der Waals surface area contributed by atoms with Gasteiger partial charge in [-0.15, -0.1) is 0 Å². The Morgan fingerprint density at radius 3 is 2.81 bits per heavy atom. The zero-order chi connectivity index (χ0) is 21.2. The van der Waals surface area contributed by atoms with E-state index < -0.39 is 5.82 Å². The van der Waals surface area contributed by atoms with Crippen LogP contribution >= 0.6 is 0 Å². The number of aromatic nitrogens is 4. The molecule has 5 rings (SSSR count). The molecule has 0 spiro atoms. The first kappa shape index (κ1) is 19.6. The summed E-state index contributed by atoms with van der Waals surface area (Å²) in [5.74, 6) is -0.190. The lowest BCUT2D eigenvalue weighted by Crippen LogP contribution is -2.29. The second kappa shape index (κ2) is 8.39. The first-order valence-electron chi connectivity index (χ1n) is 10.4. The summed E-state index contributed by atoms with van der Waals surface area (Å²) in [5, 5.41) is 7.97. The fourth-order valence-corrected chi connectivity index (χ4v) is 3.96. The summed E-state index contributed by atoms with van der Waals surface area (Å²) in [6.07, 6.45) is 9.82. The molecule has 1 N–H and O–H groups in total. The summed E-state index contributed by atoms with van der Waals surface area (Å²) in [6, 6.07) is 9.17. The van der Waals surface area contributed by atoms with E-state index in [0.29, 0.717) is 11.6 Å². The SMILES string of the molecule is COc1ccc(COn2ccc3ncc(-c4cnn(C5CCNCC5)c4)cc32)cc1F. The minimum absolute atomic E-state index is 0.217. The van der Waals surface area contributed by atoms with Crippen LogP contribution in [0.3, 0.4) is 0 Å². The number of pyridine rings is 1. The third-order valence-corrected chi connectivity index (χ3v) is 5.71. The molecule has 7 nitrogen and oxygen atoms in total. The highest BCUT2D eigenvalue weighted by molar-refractivity contribution is 5.80. The minimum Gasteiger partial charge on any atom is -0.494 e. The van der Waals surface area contributed by atoms with E-state index in [4.69, 9.17) is 9.57 Å². The van der Waals surface area contributed by atoms with Gasteiger partial charge in [-0.25, -0.2) is 4.39 Å². The molecule has 0 atom stereocenters. The molecule has 8 heteroatoms. The number of methoxy groups -OCH3 is 1. The molecule has 0 aliphatic carbocycles. The number of hydrogen-bond acceptors (Lipinski definition) is 5. The number of nitrogens with one attached hydrogen (secondary N) is 1. The Kier molecular flexibility index (Phi) is 5.30. The van der Waals surface area contributed by atoms with Gasteiger partial charge in [-0.3, -0.25) is 9.67 Å². The zero-order valence-corrected chi connectivity index (χ0v) is 17.3. The Labute approximate surface area is 179 Å². The minimum atomic E-state index is -0.407. The average molecular weight is 421 g/mol. The van der Waals surface area contributed by atoms with Crippen LogP contribution in [0.1, 0.15) is 24.4 Å². The van der Waals surface area contributed by atoms with Crippen molar-refractivity contribution in [2.75, 3.05) is 20.2 Å². The van der Waals surface area contributed by atoms with Crippen molar-refractivity contribution in [1.82, 2.24) is 24.8 Å². The van der Waals surface area contributed by atoms with Gasteiger partial charge in [-0.05, 0) is 55.8 Å². The lowest BCUT2D eigenvalue weighted by Gasteiger charge is -2.22. The van der Waals surface area contributed by atoms with Crippen molar-refractivity contribution in [3.63, 3.8) is 0 Å². The highest BCUT2D eigenvalue weighted by Gasteiger charge is 2.16. The van der Waals surface area contributed by atoms with Gasteiger partial charge in [0.2, 0.25) is 0 Å². The normalized spacial score (nSPS) is 14.8. The topological polar surface area (TPSA) is 66.1 Å². The van der Waals surface area contributed by atoms with Crippen molar-refractivity contribution in [1.29, 1.82) is 0 Å². The number of piperidine rings is 1. The van der Waals surface area contributed by atoms with Crippen molar-refractivity contribution in [3.8, 4) is 16.9 Å². The van der Waals surface area contributed by atoms with Gasteiger partial charge >= 0.3 is 0 Å². The number of rotatable bonds is 6. The van der Waals surface area contributed by atoms with E-state index in [1.165, 1.54) is 13.2 Å². The van der Waals surface area contributed by atoms with E-state index >= 15 is 0 Å². The number of ether oxygens (including phenoxy) is 1. The first-order chi connectivity index (χ1) is 15.2. The third-order valence-electron chi connectivity index (χ3n) is 5.71. The van der Waals surface area contributed by atoms with E-state index in [2.05, 4.69) is 26.3 Å². The monoisotopic (exact) mass is 421 g/mol. The Morgan fingerprint density at radius 1 is 1.13 bits per heavy atom. The lowest BCUT2D eigenvalue weighted by molar-refractivity contribution is 0.107. The maximum Gasteiger partial charge on any atom is 0.165 e. The molecule has 4 aromatic rings. The molecular formula is C23H24FN5O2. The molecule has 1 aliphatic rings. The highest BCUT2D eigenvalue weighted by atomic mass is 19.1. The van der Waals surface area contributed by atoms with Gasteiger partial charge in [0.1, 0.15) is 12.1 Å². The Morgan fingerprint density at radius 2 is 2.00 bits per heavy atom. The molecule has 4 heterocycles. The lowest BCUT2D eigenvalue weighted by atomic mass is 10.1. The molecule has 1 fully saturated rings. The number of halogens is 1. The van der Waals surface area contributed by atoms with Crippen LogP contribution in [0.25, 0.3) is 22.2 Å². The predicted molar refractivity (Wildman–Crippen MR) is 115 cm³/mol. The summed E-state index contributed by atoms with van der Waals surface area (Å²) >= 11 is 0. The summed E-state index contributed by atoms with van der Waals surface area (Å²) in [7, 11) is 1.45. The van der Waals surface area contributed by atoms with Gasteiger partial charge in [-0.1, -0.05) is 6.07 Å². The molecule has 1 aromatic carbocycles. The fraction of sp³-hybridized carbons (Fsp3) is 0.304. The quantitative estimate of drug-likeness (QED) is 0.515. The number of hydrogen-bond donors (Lipinski definition) is 1. The molecular weight excluding hydrogens is 397 g/mol. The second-order valence-corrected chi connectivity index (χ2v) is 7.70. The molecule has 0 bridgehead atoms. The van der Waals surface area contributed by atoms with Crippen LogP contribution in [0.15, 0.2) is 55.1 Å². The van der Waals surface area contributed by atoms with Gasteiger partial charge < -0.3 is 14.9 Å². The molecule has 1 saturated heterocycles.